The molecule has 2 aromatic rings. The monoisotopic (exact) mass is 277 g/mol. The van der Waals surface area contributed by atoms with E-state index in [2.05, 4.69) is 18.8 Å². The first-order valence-corrected chi connectivity index (χ1v) is 6.49. The van der Waals surface area contributed by atoms with E-state index in [1.165, 1.54) is 6.07 Å². The third-order valence-corrected chi connectivity index (χ3v) is 3.17. The first-order chi connectivity index (χ1) is 8.99. The topological polar surface area (TPSA) is 43.8 Å². The number of nitrogens with two attached hydrogens (primary N) is 1. The number of rotatable bonds is 4. The van der Waals surface area contributed by atoms with Crippen LogP contribution in [0.2, 0.25) is 0 Å². The zero-order chi connectivity index (χ0) is 14.0. The van der Waals surface area contributed by atoms with E-state index >= 15 is 0 Å². The van der Waals surface area contributed by atoms with Crippen LogP contribution < -0.4 is 5.73 Å². The van der Waals surface area contributed by atoms with E-state index in [0.29, 0.717) is 17.7 Å². The summed E-state index contributed by atoms with van der Waals surface area (Å²) in [5.74, 6) is 0.959. The van der Waals surface area contributed by atoms with Gasteiger partial charge in [-0.15, -0.1) is 0 Å². The molecule has 0 saturated heterocycles. The molecular weight excluding hydrogens is 261 g/mol. The number of aromatic nitrogens is 2. The Labute approximate surface area is 117 Å². The second-order valence-corrected chi connectivity index (χ2v) is 5.18. The van der Waals surface area contributed by atoms with Crippen molar-refractivity contribution in [1.29, 1.82) is 0 Å². The minimum absolute atomic E-state index is 0.261. The molecule has 0 atom stereocenters. The van der Waals surface area contributed by atoms with Gasteiger partial charge < -0.3 is 10.3 Å². The van der Waals surface area contributed by atoms with Gasteiger partial charge in [0.15, 0.2) is 0 Å². The second-order valence-electron chi connectivity index (χ2n) is 4.74. The smallest absolute Gasteiger partial charge is 0.128 e. The number of benzene rings is 1. The SMILES string of the molecule is CC(C)c1nccn1Cc1cc(C(N)=S)ccc1F. The lowest BCUT2D eigenvalue weighted by atomic mass is 10.1. The molecule has 1 heterocycles. The molecule has 0 aliphatic carbocycles. The molecule has 0 saturated carbocycles. The molecule has 0 aliphatic rings. The van der Waals surface area contributed by atoms with Crippen LogP contribution in [0, 0.1) is 5.82 Å². The Kier molecular flexibility index (Phi) is 3.95. The van der Waals surface area contributed by atoms with Gasteiger partial charge in [0, 0.05) is 29.4 Å². The van der Waals surface area contributed by atoms with Crippen molar-refractivity contribution >= 4 is 17.2 Å². The fourth-order valence-corrected chi connectivity index (χ4v) is 2.11. The number of hydrogen-bond donors (Lipinski definition) is 1. The van der Waals surface area contributed by atoms with E-state index in [1.54, 1.807) is 18.3 Å². The molecule has 1 aromatic heterocycles. The summed E-state index contributed by atoms with van der Waals surface area (Å²) in [5.41, 5.74) is 6.81. The molecule has 2 rings (SSSR count). The number of halogens is 1. The molecule has 3 nitrogen and oxygen atoms in total. The van der Waals surface area contributed by atoms with Crippen LogP contribution in [0.25, 0.3) is 0 Å². The standard InChI is InChI=1S/C14H16FN3S/c1-9(2)14-17-5-6-18(14)8-11-7-10(13(16)19)3-4-12(11)15/h3-7,9H,8H2,1-2H3,(H2,16,19). The number of imidazole rings is 1. The van der Waals surface area contributed by atoms with Crippen LogP contribution in [0.4, 0.5) is 4.39 Å². The average Bonchev–Trinajstić information content (AvgIpc) is 2.80. The Balaban J connectivity index is 2.35. The maximum atomic E-state index is 13.8. The summed E-state index contributed by atoms with van der Waals surface area (Å²) < 4.78 is 15.8. The van der Waals surface area contributed by atoms with Crippen molar-refractivity contribution < 1.29 is 4.39 Å². The molecule has 0 radical (unpaired) electrons. The molecule has 0 fully saturated rings. The summed E-state index contributed by atoms with van der Waals surface area (Å²) >= 11 is 4.92. The Bertz CT molecular complexity index is 604. The van der Waals surface area contributed by atoms with Gasteiger partial charge in [-0.1, -0.05) is 26.1 Å². The van der Waals surface area contributed by atoms with E-state index in [4.69, 9.17) is 18.0 Å². The van der Waals surface area contributed by atoms with Crippen LogP contribution in [0.3, 0.4) is 0 Å². The van der Waals surface area contributed by atoms with E-state index in [9.17, 15) is 4.39 Å². The highest BCUT2D eigenvalue weighted by molar-refractivity contribution is 7.80. The van der Waals surface area contributed by atoms with Crippen LogP contribution >= 0.6 is 12.2 Å². The zero-order valence-corrected chi connectivity index (χ0v) is 11.7. The minimum Gasteiger partial charge on any atom is -0.389 e. The van der Waals surface area contributed by atoms with Gasteiger partial charge in [-0.25, -0.2) is 9.37 Å². The summed E-state index contributed by atoms with van der Waals surface area (Å²) in [6.07, 6.45) is 3.58. The van der Waals surface area contributed by atoms with Crippen LogP contribution in [-0.2, 0) is 6.54 Å². The summed E-state index contributed by atoms with van der Waals surface area (Å²) in [7, 11) is 0. The van der Waals surface area contributed by atoms with Crippen LogP contribution in [0.5, 0.6) is 0 Å². The second kappa shape index (κ2) is 5.48. The fourth-order valence-electron chi connectivity index (χ4n) is 1.99. The number of hydrogen-bond acceptors (Lipinski definition) is 2. The predicted octanol–water partition coefficient (Wildman–Crippen LogP) is 2.83. The van der Waals surface area contributed by atoms with E-state index < -0.39 is 0 Å². The Hall–Kier alpha value is -1.75. The Morgan fingerprint density at radius 1 is 1.47 bits per heavy atom. The molecule has 0 spiro atoms. The highest BCUT2D eigenvalue weighted by Crippen LogP contribution is 2.17. The van der Waals surface area contributed by atoms with Crippen molar-refractivity contribution in [1.82, 2.24) is 9.55 Å². The fraction of sp³-hybridized carbons (Fsp3) is 0.286. The zero-order valence-electron chi connectivity index (χ0n) is 10.9. The van der Waals surface area contributed by atoms with Crippen molar-refractivity contribution in [3.05, 3.63) is 53.4 Å². The molecule has 0 amide bonds. The van der Waals surface area contributed by atoms with Crippen molar-refractivity contribution in [3.63, 3.8) is 0 Å². The van der Waals surface area contributed by atoms with Crippen LogP contribution in [-0.4, -0.2) is 14.5 Å². The van der Waals surface area contributed by atoms with Gasteiger partial charge in [0.05, 0.1) is 6.54 Å². The van der Waals surface area contributed by atoms with Gasteiger partial charge in [-0.05, 0) is 18.2 Å². The summed E-state index contributed by atoms with van der Waals surface area (Å²) in [5, 5.41) is 0. The Morgan fingerprint density at radius 2 is 2.21 bits per heavy atom. The van der Waals surface area contributed by atoms with Gasteiger partial charge in [0.2, 0.25) is 0 Å². The molecule has 0 aliphatic heterocycles. The summed E-state index contributed by atoms with van der Waals surface area (Å²) in [4.78, 5) is 4.56. The highest BCUT2D eigenvalue weighted by Gasteiger charge is 2.11. The Morgan fingerprint density at radius 3 is 2.84 bits per heavy atom. The van der Waals surface area contributed by atoms with Crippen LogP contribution in [0.15, 0.2) is 30.6 Å². The summed E-state index contributed by atoms with van der Waals surface area (Å²) in [6.45, 7) is 4.54. The lowest BCUT2D eigenvalue weighted by Crippen LogP contribution is -2.12. The first kappa shape index (κ1) is 13.7. The molecule has 5 heteroatoms. The lowest BCUT2D eigenvalue weighted by Gasteiger charge is -2.12. The molecule has 0 bridgehead atoms. The maximum absolute atomic E-state index is 13.8. The van der Waals surface area contributed by atoms with Crippen molar-refractivity contribution in [2.75, 3.05) is 0 Å². The van der Waals surface area contributed by atoms with Gasteiger partial charge in [0.1, 0.15) is 16.6 Å². The van der Waals surface area contributed by atoms with Crippen molar-refractivity contribution in [3.8, 4) is 0 Å². The third-order valence-electron chi connectivity index (χ3n) is 2.94. The summed E-state index contributed by atoms with van der Waals surface area (Å²) in [6, 6.07) is 4.69. The molecular formula is C14H16FN3S. The molecule has 19 heavy (non-hydrogen) atoms. The number of nitrogens with zero attached hydrogens (tertiary/aromatic N) is 2. The highest BCUT2D eigenvalue weighted by atomic mass is 32.1. The van der Waals surface area contributed by atoms with Gasteiger partial charge in [-0.3, -0.25) is 0 Å². The van der Waals surface area contributed by atoms with Crippen LogP contribution in [0.1, 0.15) is 36.7 Å². The van der Waals surface area contributed by atoms with Crippen molar-refractivity contribution in [2.45, 2.75) is 26.3 Å². The molecule has 1 aromatic carbocycles. The number of thiocarbonyl (C=S) groups is 1. The molecule has 100 valence electrons. The van der Waals surface area contributed by atoms with Gasteiger partial charge in [0.25, 0.3) is 0 Å². The quantitative estimate of drug-likeness (QED) is 0.874. The predicted molar refractivity (Wildman–Crippen MR) is 77.7 cm³/mol. The normalized spacial score (nSPS) is 10.9. The average molecular weight is 277 g/mol. The van der Waals surface area contributed by atoms with E-state index in [-0.39, 0.29) is 16.7 Å². The van der Waals surface area contributed by atoms with Gasteiger partial charge >= 0.3 is 0 Å². The van der Waals surface area contributed by atoms with E-state index in [1.807, 2.05) is 10.8 Å². The van der Waals surface area contributed by atoms with E-state index in [0.717, 1.165) is 5.82 Å². The lowest BCUT2D eigenvalue weighted by molar-refractivity contribution is 0.588. The third kappa shape index (κ3) is 2.98. The minimum atomic E-state index is -0.261. The molecule has 2 N–H and O–H groups in total. The maximum Gasteiger partial charge on any atom is 0.128 e. The largest absolute Gasteiger partial charge is 0.389 e. The van der Waals surface area contributed by atoms with Gasteiger partial charge in [-0.2, -0.15) is 0 Å². The first-order valence-electron chi connectivity index (χ1n) is 6.08. The molecule has 0 unspecified atom stereocenters. The van der Waals surface area contributed by atoms with Crippen molar-refractivity contribution in [2.24, 2.45) is 5.73 Å².